The van der Waals surface area contributed by atoms with Crippen LogP contribution in [0.5, 0.6) is 0 Å². The van der Waals surface area contributed by atoms with Crippen LogP contribution in [0.25, 0.3) is 0 Å². The van der Waals surface area contributed by atoms with Crippen molar-refractivity contribution in [2.75, 3.05) is 18.1 Å². The molecular weight excluding hydrogens is 220 g/mol. The highest BCUT2D eigenvalue weighted by Gasteiger charge is 2.11. The summed E-state index contributed by atoms with van der Waals surface area (Å²) in [6.45, 7) is 2.43. The number of rotatable bonds is 5. The molecule has 0 radical (unpaired) electrons. The molecule has 0 aliphatic rings. The predicted molar refractivity (Wildman–Crippen MR) is 69.7 cm³/mol. The van der Waals surface area contributed by atoms with E-state index < -0.39 is 0 Å². The highest BCUT2D eigenvalue weighted by Crippen LogP contribution is 2.19. The average Bonchev–Trinajstić information content (AvgIpc) is 2.29. The van der Waals surface area contributed by atoms with Gasteiger partial charge in [0, 0.05) is 16.5 Å². The van der Waals surface area contributed by atoms with Gasteiger partial charge in [-0.2, -0.15) is 0 Å². The maximum Gasteiger partial charge on any atom is 0.227 e. The van der Waals surface area contributed by atoms with Crippen LogP contribution in [0.3, 0.4) is 0 Å². The van der Waals surface area contributed by atoms with Crippen LogP contribution in [0.2, 0.25) is 0 Å². The molecule has 3 N–H and O–H groups in total. The van der Waals surface area contributed by atoms with Crippen LogP contribution >= 0.6 is 11.8 Å². The lowest BCUT2D eigenvalue weighted by Crippen LogP contribution is -2.22. The fraction of sp³-hybridized carbons (Fsp3) is 0.417. The van der Waals surface area contributed by atoms with Gasteiger partial charge in [-0.15, -0.1) is 11.8 Å². The maximum absolute atomic E-state index is 11.7. The molecule has 1 unspecified atom stereocenters. The van der Waals surface area contributed by atoms with Gasteiger partial charge in [-0.1, -0.05) is 13.0 Å². The molecule has 0 aliphatic carbocycles. The molecule has 0 aliphatic heterocycles. The van der Waals surface area contributed by atoms with Crippen molar-refractivity contribution in [2.24, 2.45) is 11.7 Å². The number of thioether (sulfide) groups is 1. The second-order valence-corrected chi connectivity index (χ2v) is 4.58. The minimum Gasteiger partial charge on any atom is -0.330 e. The standard InChI is InChI=1S/C12H18N2OS/c1-9(6-7-13)12(15)14-10-4-3-5-11(8-10)16-2/h3-5,8-9H,6-7,13H2,1-2H3,(H,14,15). The number of hydrogen-bond donors (Lipinski definition) is 2. The summed E-state index contributed by atoms with van der Waals surface area (Å²) in [6.07, 6.45) is 2.73. The maximum atomic E-state index is 11.7. The number of carbonyl (C=O) groups is 1. The topological polar surface area (TPSA) is 55.1 Å². The molecule has 0 heterocycles. The van der Waals surface area contributed by atoms with Crippen molar-refractivity contribution in [3.05, 3.63) is 24.3 Å². The number of nitrogens with one attached hydrogen (secondary N) is 1. The van der Waals surface area contributed by atoms with E-state index >= 15 is 0 Å². The van der Waals surface area contributed by atoms with Gasteiger partial charge in [0.2, 0.25) is 5.91 Å². The lowest BCUT2D eigenvalue weighted by atomic mass is 10.1. The molecule has 0 spiro atoms. The molecular formula is C12H18N2OS. The van der Waals surface area contributed by atoms with Gasteiger partial charge >= 0.3 is 0 Å². The van der Waals surface area contributed by atoms with Crippen LogP contribution in [0.4, 0.5) is 5.69 Å². The molecule has 0 bridgehead atoms. The summed E-state index contributed by atoms with van der Waals surface area (Å²) in [5, 5.41) is 2.89. The van der Waals surface area contributed by atoms with E-state index in [-0.39, 0.29) is 11.8 Å². The third kappa shape index (κ3) is 3.87. The van der Waals surface area contributed by atoms with Crippen LogP contribution in [0, 0.1) is 5.92 Å². The Labute approximate surface area is 101 Å². The van der Waals surface area contributed by atoms with Crippen molar-refractivity contribution < 1.29 is 4.79 Å². The average molecular weight is 238 g/mol. The summed E-state index contributed by atoms with van der Waals surface area (Å²) in [5.41, 5.74) is 6.27. The van der Waals surface area contributed by atoms with Crippen molar-refractivity contribution in [3.8, 4) is 0 Å². The largest absolute Gasteiger partial charge is 0.330 e. The lowest BCUT2D eigenvalue weighted by Gasteiger charge is -2.11. The first-order chi connectivity index (χ1) is 7.67. The molecule has 1 amide bonds. The Morgan fingerprint density at radius 3 is 2.94 bits per heavy atom. The molecule has 1 rings (SSSR count). The van der Waals surface area contributed by atoms with E-state index in [4.69, 9.17) is 5.73 Å². The quantitative estimate of drug-likeness (QED) is 0.774. The zero-order valence-electron chi connectivity index (χ0n) is 9.69. The number of amides is 1. The van der Waals surface area contributed by atoms with Crippen molar-refractivity contribution >= 4 is 23.4 Å². The first-order valence-corrected chi connectivity index (χ1v) is 6.55. The number of benzene rings is 1. The van der Waals surface area contributed by atoms with Crippen LogP contribution in [-0.4, -0.2) is 18.7 Å². The Balaban J connectivity index is 2.61. The molecule has 1 aromatic rings. The van der Waals surface area contributed by atoms with Gasteiger partial charge in [0.05, 0.1) is 0 Å². The van der Waals surface area contributed by atoms with Gasteiger partial charge in [-0.25, -0.2) is 0 Å². The third-order valence-electron chi connectivity index (χ3n) is 2.38. The van der Waals surface area contributed by atoms with E-state index in [9.17, 15) is 4.79 Å². The van der Waals surface area contributed by atoms with Gasteiger partial charge in [-0.3, -0.25) is 4.79 Å². The molecule has 16 heavy (non-hydrogen) atoms. The second kappa shape index (κ2) is 6.55. The van der Waals surface area contributed by atoms with Gasteiger partial charge in [0.15, 0.2) is 0 Å². The highest BCUT2D eigenvalue weighted by molar-refractivity contribution is 7.98. The number of nitrogens with two attached hydrogens (primary N) is 1. The normalized spacial score (nSPS) is 12.2. The Morgan fingerprint density at radius 1 is 1.56 bits per heavy atom. The van der Waals surface area contributed by atoms with E-state index in [1.807, 2.05) is 37.4 Å². The lowest BCUT2D eigenvalue weighted by molar-refractivity contribution is -0.119. The minimum atomic E-state index is -0.0389. The second-order valence-electron chi connectivity index (χ2n) is 3.70. The fourth-order valence-corrected chi connectivity index (χ4v) is 1.81. The van der Waals surface area contributed by atoms with Crippen molar-refractivity contribution in [1.82, 2.24) is 0 Å². The summed E-state index contributed by atoms with van der Waals surface area (Å²) in [7, 11) is 0. The monoisotopic (exact) mass is 238 g/mol. The Morgan fingerprint density at radius 2 is 2.31 bits per heavy atom. The molecule has 1 atom stereocenters. The molecule has 0 saturated heterocycles. The van der Waals surface area contributed by atoms with E-state index in [1.54, 1.807) is 11.8 Å². The van der Waals surface area contributed by atoms with Crippen molar-refractivity contribution in [1.29, 1.82) is 0 Å². The fourth-order valence-electron chi connectivity index (χ4n) is 1.35. The summed E-state index contributed by atoms with van der Waals surface area (Å²) in [6, 6.07) is 7.82. The molecule has 88 valence electrons. The number of hydrogen-bond acceptors (Lipinski definition) is 3. The minimum absolute atomic E-state index is 0.0312. The zero-order valence-corrected chi connectivity index (χ0v) is 10.5. The molecule has 0 aromatic heterocycles. The summed E-state index contributed by atoms with van der Waals surface area (Å²) < 4.78 is 0. The van der Waals surface area contributed by atoms with Crippen LogP contribution < -0.4 is 11.1 Å². The first-order valence-electron chi connectivity index (χ1n) is 5.32. The predicted octanol–water partition coefficient (Wildman–Crippen LogP) is 2.33. The Bertz CT molecular complexity index is 355. The molecule has 0 saturated carbocycles. The van der Waals surface area contributed by atoms with Crippen LogP contribution in [0.1, 0.15) is 13.3 Å². The molecule has 1 aromatic carbocycles. The van der Waals surface area contributed by atoms with Crippen LogP contribution in [-0.2, 0) is 4.79 Å². The van der Waals surface area contributed by atoms with Crippen molar-refractivity contribution in [3.63, 3.8) is 0 Å². The summed E-state index contributed by atoms with van der Waals surface area (Å²) in [4.78, 5) is 12.9. The third-order valence-corrected chi connectivity index (χ3v) is 3.11. The van der Waals surface area contributed by atoms with E-state index in [2.05, 4.69) is 5.32 Å². The zero-order chi connectivity index (χ0) is 12.0. The van der Waals surface area contributed by atoms with Gasteiger partial charge < -0.3 is 11.1 Å². The Kier molecular flexibility index (Phi) is 5.35. The van der Waals surface area contributed by atoms with E-state index in [0.29, 0.717) is 13.0 Å². The smallest absolute Gasteiger partial charge is 0.227 e. The van der Waals surface area contributed by atoms with Gasteiger partial charge in [0.1, 0.15) is 0 Å². The van der Waals surface area contributed by atoms with E-state index in [1.165, 1.54) is 0 Å². The van der Waals surface area contributed by atoms with Crippen molar-refractivity contribution in [2.45, 2.75) is 18.2 Å². The number of carbonyl (C=O) groups excluding carboxylic acids is 1. The summed E-state index contributed by atoms with van der Waals surface area (Å²) >= 11 is 1.66. The highest BCUT2D eigenvalue weighted by atomic mass is 32.2. The summed E-state index contributed by atoms with van der Waals surface area (Å²) in [5.74, 6) is -0.00774. The molecule has 4 heteroatoms. The van der Waals surface area contributed by atoms with Gasteiger partial charge in [0.25, 0.3) is 0 Å². The van der Waals surface area contributed by atoms with Gasteiger partial charge in [-0.05, 0) is 37.4 Å². The SMILES string of the molecule is CSc1cccc(NC(=O)C(C)CCN)c1. The molecule has 3 nitrogen and oxygen atoms in total. The van der Waals surface area contributed by atoms with E-state index in [0.717, 1.165) is 10.6 Å². The van der Waals surface area contributed by atoms with Crippen LogP contribution in [0.15, 0.2) is 29.2 Å². The number of anilines is 1. The first kappa shape index (κ1) is 13.1. The molecule has 0 fully saturated rings. The Hall–Kier alpha value is -1.00.